The van der Waals surface area contributed by atoms with Gasteiger partial charge in [-0.05, 0) is 62.2 Å². The summed E-state index contributed by atoms with van der Waals surface area (Å²) in [4.78, 5) is 23.4. The number of carbonyl (C=O) groups excluding carboxylic acids is 2. The maximum Gasteiger partial charge on any atom is 0.338 e. The molecule has 2 aromatic carbocycles. The lowest BCUT2D eigenvalue weighted by atomic mass is 10.1. The molecule has 7 nitrogen and oxygen atoms in total. The fourth-order valence-corrected chi connectivity index (χ4v) is 3.86. The number of carbonyl (C=O) groups is 2. The Hall–Kier alpha value is -2.87. The molecule has 0 atom stereocenters. The van der Waals surface area contributed by atoms with Crippen LogP contribution in [0.5, 0.6) is 0 Å². The topological polar surface area (TPSA) is 98.8 Å². The van der Waals surface area contributed by atoms with Gasteiger partial charge in [-0.1, -0.05) is 6.07 Å². The molecule has 0 aromatic heterocycles. The summed E-state index contributed by atoms with van der Waals surface area (Å²) in [5.74, 6) is -1.10. The van der Waals surface area contributed by atoms with Crippen molar-refractivity contribution in [2.75, 3.05) is 18.4 Å². The molecule has 0 bridgehead atoms. The minimum absolute atomic E-state index is 0.0285. The first-order chi connectivity index (χ1) is 12.7. The van der Waals surface area contributed by atoms with Gasteiger partial charge in [0.25, 0.3) is 10.0 Å². The Balaban J connectivity index is 2.37. The Morgan fingerprint density at radius 1 is 0.963 bits per heavy atom. The summed E-state index contributed by atoms with van der Waals surface area (Å²) < 4.78 is 37.7. The van der Waals surface area contributed by atoms with Crippen LogP contribution in [0.4, 0.5) is 5.69 Å². The normalized spacial score (nSPS) is 11.0. The number of benzene rings is 2. The molecule has 2 rings (SSSR count). The van der Waals surface area contributed by atoms with Gasteiger partial charge in [0.15, 0.2) is 0 Å². The number of nitrogens with one attached hydrogen (secondary N) is 1. The van der Waals surface area contributed by atoms with E-state index in [-0.39, 0.29) is 17.1 Å². The zero-order valence-electron chi connectivity index (χ0n) is 15.5. The van der Waals surface area contributed by atoms with Gasteiger partial charge in [-0.15, -0.1) is 0 Å². The fraction of sp³-hybridized carbons (Fsp3) is 0.263. The molecular formula is C19H21NO6S. The van der Waals surface area contributed by atoms with Crippen molar-refractivity contribution in [3.8, 4) is 0 Å². The van der Waals surface area contributed by atoms with Crippen LogP contribution in [0.3, 0.4) is 0 Å². The molecule has 144 valence electrons. The van der Waals surface area contributed by atoms with Gasteiger partial charge in [0.1, 0.15) is 0 Å². The SMILES string of the molecule is CCOC(=O)c1ccc(NS(=O)(=O)c2cc(C(=O)OC)ccc2C)c(C)c1. The highest BCUT2D eigenvalue weighted by atomic mass is 32.2. The molecule has 0 amide bonds. The molecule has 0 heterocycles. The van der Waals surface area contributed by atoms with Crippen LogP contribution in [0.2, 0.25) is 0 Å². The molecule has 8 heteroatoms. The zero-order valence-corrected chi connectivity index (χ0v) is 16.3. The number of aryl methyl sites for hydroxylation is 2. The molecule has 2 aromatic rings. The summed E-state index contributed by atoms with van der Waals surface area (Å²) in [5.41, 5.74) is 1.84. The predicted molar refractivity (Wildman–Crippen MR) is 100 cm³/mol. The first-order valence-electron chi connectivity index (χ1n) is 8.19. The van der Waals surface area contributed by atoms with Crippen LogP contribution in [-0.4, -0.2) is 34.1 Å². The Labute approximate surface area is 158 Å². The van der Waals surface area contributed by atoms with Crippen LogP contribution in [0.25, 0.3) is 0 Å². The highest BCUT2D eigenvalue weighted by Gasteiger charge is 2.21. The van der Waals surface area contributed by atoms with Gasteiger partial charge in [-0.3, -0.25) is 4.72 Å². The van der Waals surface area contributed by atoms with Gasteiger partial charge in [0.2, 0.25) is 0 Å². The molecule has 0 fully saturated rings. The average molecular weight is 391 g/mol. The highest BCUT2D eigenvalue weighted by Crippen LogP contribution is 2.24. The summed E-state index contributed by atoms with van der Waals surface area (Å²) in [5, 5.41) is 0. The maximum absolute atomic E-state index is 12.8. The minimum Gasteiger partial charge on any atom is -0.465 e. The maximum atomic E-state index is 12.8. The van der Waals surface area contributed by atoms with E-state index in [2.05, 4.69) is 9.46 Å². The molecule has 0 spiro atoms. The molecule has 0 radical (unpaired) electrons. The largest absolute Gasteiger partial charge is 0.465 e. The predicted octanol–water partition coefficient (Wildman–Crippen LogP) is 3.07. The van der Waals surface area contributed by atoms with Gasteiger partial charge in [-0.25, -0.2) is 18.0 Å². The Morgan fingerprint density at radius 2 is 1.59 bits per heavy atom. The van der Waals surface area contributed by atoms with E-state index in [0.717, 1.165) is 0 Å². The van der Waals surface area contributed by atoms with Crippen LogP contribution in [0, 0.1) is 13.8 Å². The Bertz CT molecular complexity index is 982. The van der Waals surface area contributed by atoms with Crippen molar-refractivity contribution in [2.24, 2.45) is 0 Å². The lowest BCUT2D eigenvalue weighted by molar-refractivity contribution is 0.0525. The number of ether oxygens (including phenoxy) is 2. The van der Waals surface area contributed by atoms with Crippen LogP contribution < -0.4 is 4.72 Å². The lowest BCUT2D eigenvalue weighted by Crippen LogP contribution is -2.16. The highest BCUT2D eigenvalue weighted by molar-refractivity contribution is 7.92. The zero-order chi connectivity index (χ0) is 20.2. The standard InChI is InChI=1S/C19H21NO6S/c1-5-26-19(22)14-8-9-16(13(3)10-14)20-27(23,24)17-11-15(18(21)25-4)7-6-12(17)2/h6-11,20H,5H2,1-4H3. The van der Waals surface area contributed by atoms with Gasteiger partial charge in [-0.2, -0.15) is 0 Å². The fourth-order valence-electron chi connectivity index (χ4n) is 2.45. The molecule has 0 saturated carbocycles. The molecule has 0 saturated heterocycles. The third-order valence-corrected chi connectivity index (χ3v) is 5.39. The summed E-state index contributed by atoms with van der Waals surface area (Å²) in [6.45, 7) is 5.27. The van der Waals surface area contributed by atoms with E-state index in [9.17, 15) is 18.0 Å². The van der Waals surface area contributed by atoms with Crippen molar-refractivity contribution in [1.82, 2.24) is 0 Å². The van der Waals surface area contributed by atoms with E-state index >= 15 is 0 Å². The minimum atomic E-state index is -3.95. The molecule has 0 unspecified atom stereocenters. The number of sulfonamides is 1. The quantitative estimate of drug-likeness (QED) is 0.760. The number of hydrogen-bond acceptors (Lipinski definition) is 6. The third-order valence-electron chi connectivity index (χ3n) is 3.88. The number of rotatable bonds is 6. The Morgan fingerprint density at radius 3 is 2.19 bits per heavy atom. The number of esters is 2. The summed E-state index contributed by atoms with van der Waals surface area (Å²) in [6.07, 6.45) is 0. The molecule has 1 N–H and O–H groups in total. The molecule has 0 aliphatic carbocycles. The number of methoxy groups -OCH3 is 1. The monoisotopic (exact) mass is 391 g/mol. The molecular weight excluding hydrogens is 370 g/mol. The average Bonchev–Trinajstić information content (AvgIpc) is 2.63. The summed E-state index contributed by atoms with van der Waals surface area (Å²) >= 11 is 0. The second kappa shape index (κ2) is 8.22. The number of hydrogen-bond donors (Lipinski definition) is 1. The molecule has 0 aliphatic rings. The van der Waals surface area contributed by atoms with E-state index in [1.54, 1.807) is 26.8 Å². The first-order valence-corrected chi connectivity index (χ1v) is 9.67. The van der Waals surface area contributed by atoms with Crippen molar-refractivity contribution in [3.63, 3.8) is 0 Å². The first kappa shape index (κ1) is 20.4. The van der Waals surface area contributed by atoms with E-state index in [1.807, 2.05) is 0 Å². The molecule has 0 aliphatic heterocycles. The van der Waals surface area contributed by atoms with Gasteiger partial charge < -0.3 is 9.47 Å². The second-order valence-electron chi connectivity index (χ2n) is 5.83. The van der Waals surface area contributed by atoms with Crippen LogP contribution in [0.15, 0.2) is 41.3 Å². The Kier molecular flexibility index (Phi) is 6.22. The smallest absolute Gasteiger partial charge is 0.338 e. The molecule has 27 heavy (non-hydrogen) atoms. The van der Waals surface area contributed by atoms with E-state index in [1.165, 1.54) is 37.4 Å². The summed E-state index contributed by atoms with van der Waals surface area (Å²) in [7, 11) is -2.72. The van der Waals surface area contributed by atoms with Crippen molar-refractivity contribution in [3.05, 3.63) is 58.7 Å². The lowest BCUT2D eigenvalue weighted by Gasteiger charge is -2.14. The van der Waals surface area contributed by atoms with Crippen molar-refractivity contribution >= 4 is 27.6 Å². The van der Waals surface area contributed by atoms with Gasteiger partial charge in [0.05, 0.1) is 35.4 Å². The van der Waals surface area contributed by atoms with Crippen molar-refractivity contribution < 1.29 is 27.5 Å². The van der Waals surface area contributed by atoms with E-state index in [4.69, 9.17) is 4.74 Å². The van der Waals surface area contributed by atoms with Crippen molar-refractivity contribution in [1.29, 1.82) is 0 Å². The summed E-state index contributed by atoms with van der Waals surface area (Å²) in [6, 6.07) is 8.84. The van der Waals surface area contributed by atoms with Gasteiger partial charge >= 0.3 is 11.9 Å². The van der Waals surface area contributed by atoms with Crippen LogP contribution >= 0.6 is 0 Å². The van der Waals surface area contributed by atoms with E-state index in [0.29, 0.717) is 22.4 Å². The second-order valence-corrected chi connectivity index (χ2v) is 7.48. The third kappa shape index (κ3) is 4.65. The van der Waals surface area contributed by atoms with E-state index < -0.39 is 22.0 Å². The van der Waals surface area contributed by atoms with Gasteiger partial charge in [0, 0.05) is 0 Å². The van der Waals surface area contributed by atoms with Crippen LogP contribution in [0.1, 0.15) is 38.8 Å². The van der Waals surface area contributed by atoms with Crippen LogP contribution in [-0.2, 0) is 19.5 Å². The van der Waals surface area contributed by atoms with Crippen molar-refractivity contribution in [2.45, 2.75) is 25.7 Å². The number of anilines is 1.